The third-order valence-corrected chi connectivity index (χ3v) is 2.70. The molecule has 0 saturated heterocycles. The van der Waals surface area contributed by atoms with Crippen LogP contribution < -0.4 is 10.6 Å². The average molecular weight is 214 g/mol. The van der Waals surface area contributed by atoms with Crippen LogP contribution in [0.3, 0.4) is 0 Å². The summed E-state index contributed by atoms with van der Waals surface area (Å²) in [6.07, 6.45) is 8.14. The quantitative estimate of drug-likeness (QED) is 0.292. The molecule has 0 aromatic rings. The Balaban J connectivity index is 3.53. The molecule has 0 unspecified atom stereocenters. The van der Waals surface area contributed by atoms with Gasteiger partial charge in [0.1, 0.15) is 0 Å². The highest BCUT2D eigenvalue weighted by Gasteiger charge is 2.02. The van der Waals surface area contributed by atoms with Crippen molar-refractivity contribution in [3.63, 3.8) is 0 Å². The lowest BCUT2D eigenvalue weighted by atomic mass is 10.1. The first kappa shape index (κ1) is 14.3. The summed E-state index contributed by atoms with van der Waals surface area (Å²) in [6, 6.07) is 0. The Labute approximate surface area is 95.0 Å². The number of guanidine groups is 1. The van der Waals surface area contributed by atoms with Crippen molar-refractivity contribution in [2.75, 3.05) is 27.7 Å². The molecule has 90 valence electrons. The van der Waals surface area contributed by atoms with E-state index in [1.165, 1.54) is 38.5 Å². The molecule has 0 rings (SSSR count). The van der Waals surface area contributed by atoms with Crippen LogP contribution in [0.1, 0.15) is 45.4 Å². The zero-order valence-electron chi connectivity index (χ0n) is 10.9. The van der Waals surface area contributed by atoms with E-state index in [1.54, 1.807) is 0 Å². The van der Waals surface area contributed by atoms with E-state index >= 15 is 0 Å². The maximum absolute atomic E-state index is 3.14. The van der Waals surface area contributed by atoms with Crippen molar-refractivity contribution in [2.45, 2.75) is 45.4 Å². The summed E-state index contributed by atoms with van der Waals surface area (Å²) in [7, 11) is 6.02. The van der Waals surface area contributed by atoms with Crippen LogP contribution in [0.5, 0.6) is 0 Å². The lowest BCUT2D eigenvalue weighted by Crippen LogP contribution is -2.40. The molecule has 0 saturated carbocycles. The fourth-order valence-electron chi connectivity index (χ4n) is 1.75. The molecular formula is C12H28N3+. The Morgan fingerprint density at radius 1 is 0.933 bits per heavy atom. The maximum Gasteiger partial charge on any atom is 0.345 e. The van der Waals surface area contributed by atoms with Gasteiger partial charge in [-0.05, 0) is 6.42 Å². The number of nitrogens with one attached hydrogen (secondary N) is 2. The van der Waals surface area contributed by atoms with Crippen molar-refractivity contribution in [2.24, 2.45) is 0 Å². The summed E-state index contributed by atoms with van der Waals surface area (Å²) in [5, 5.41) is 6.29. The number of hydrogen-bond acceptors (Lipinski definition) is 0. The predicted octanol–water partition coefficient (Wildman–Crippen LogP) is 1.78. The van der Waals surface area contributed by atoms with Gasteiger partial charge in [0.15, 0.2) is 0 Å². The van der Waals surface area contributed by atoms with E-state index in [1.807, 2.05) is 14.1 Å². The lowest BCUT2D eigenvalue weighted by molar-refractivity contribution is -0.501. The SMILES string of the molecule is CCCCCCCC[N+](C)=C(NC)NC. The zero-order valence-corrected chi connectivity index (χ0v) is 10.9. The Morgan fingerprint density at radius 2 is 1.47 bits per heavy atom. The molecule has 3 nitrogen and oxygen atoms in total. The zero-order chi connectivity index (χ0) is 11.5. The Hall–Kier alpha value is -0.730. The maximum atomic E-state index is 3.14. The van der Waals surface area contributed by atoms with E-state index in [9.17, 15) is 0 Å². The number of rotatable bonds is 7. The van der Waals surface area contributed by atoms with E-state index in [0.717, 1.165) is 12.5 Å². The van der Waals surface area contributed by atoms with Crippen LogP contribution >= 0.6 is 0 Å². The molecule has 0 aliphatic rings. The van der Waals surface area contributed by atoms with E-state index in [4.69, 9.17) is 0 Å². The smallest absolute Gasteiger partial charge is 0.281 e. The predicted molar refractivity (Wildman–Crippen MR) is 67.6 cm³/mol. The van der Waals surface area contributed by atoms with Gasteiger partial charge in [-0.15, -0.1) is 0 Å². The minimum atomic E-state index is 1.10. The first-order valence-electron chi connectivity index (χ1n) is 6.19. The Bertz CT molecular complexity index is 170. The van der Waals surface area contributed by atoms with Gasteiger partial charge in [-0.3, -0.25) is 15.2 Å². The second-order valence-electron chi connectivity index (χ2n) is 4.04. The molecular weight excluding hydrogens is 186 g/mol. The van der Waals surface area contributed by atoms with Gasteiger partial charge in [-0.25, -0.2) is 0 Å². The standard InChI is InChI=1S/C12H27N3/c1-5-6-7-8-9-10-11-15(4)12(13-2)14-3/h5-11H2,1-4H3,(H,13,14)/p+1. The third-order valence-electron chi connectivity index (χ3n) is 2.70. The Kier molecular flexibility index (Phi) is 9.33. The van der Waals surface area contributed by atoms with Crippen LogP contribution in [0.2, 0.25) is 0 Å². The molecule has 15 heavy (non-hydrogen) atoms. The van der Waals surface area contributed by atoms with Crippen LogP contribution in [0.15, 0.2) is 0 Å². The van der Waals surface area contributed by atoms with Gasteiger partial charge < -0.3 is 0 Å². The molecule has 0 atom stereocenters. The van der Waals surface area contributed by atoms with Crippen LogP contribution in [0, 0.1) is 0 Å². The van der Waals surface area contributed by atoms with E-state index in [2.05, 4.69) is 29.2 Å². The number of nitrogens with zero attached hydrogens (tertiary/aromatic N) is 1. The highest BCUT2D eigenvalue weighted by Crippen LogP contribution is 2.04. The van der Waals surface area contributed by atoms with Gasteiger partial charge in [0, 0.05) is 0 Å². The fourth-order valence-corrected chi connectivity index (χ4v) is 1.75. The summed E-state index contributed by atoms with van der Waals surface area (Å²) >= 11 is 0. The summed E-state index contributed by atoms with van der Waals surface area (Å²) in [6.45, 7) is 3.39. The topological polar surface area (TPSA) is 27.1 Å². The average Bonchev–Trinajstić information content (AvgIpc) is 2.25. The highest BCUT2D eigenvalue weighted by atomic mass is 15.2. The molecule has 0 aliphatic heterocycles. The van der Waals surface area contributed by atoms with Gasteiger partial charge in [0.2, 0.25) is 0 Å². The third kappa shape index (κ3) is 7.23. The molecule has 0 aliphatic carbocycles. The van der Waals surface area contributed by atoms with Crippen molar-refractivity contribution in [3.05, 3.63) is 0 Å². The second kappa shape index (κ2) is 9.81. The first-order valence-corrected chi connectivity index (χ1v) is 6.19. The van der Waals surface area contributed by atoms with Crippen molar-refractivity contribution in [1.82, 2.24) is 10.6 Å². The number of unbranched alkanes of at least 4 members (excludes halogenated alkanes) is 5. The molecule has 0 radical (unpaired) electrons. The van der Waals surface area contributed by atoms with Gasteiger partial charge in [0.05, 0.1) is 27.7 Å². The molecule has 0 aromatic heterocycles. The van der Waals surface area contributed by atoms with E-state index in [-0.39, 0.29) is 0 Å². The summed E-state index contributed by atoms with van der Waals surface area (Å²) in [4.78, 5) is 0. The van der Waals surface area contributed by atoms with Crippen LogP contribution in [0.4, 0.5) is 0 Å². The monoisotopic (exact) mass is 214 g/mol. The van der Waals surface area contributed by atoms with Crippen LogP contribution in [-0.4, -0.2) is 38.2 Å². The molecule has 0 spiro atoms. The summed E-state index contributed by atoms with van der Waals surface area (Å²) < 4.78 is 2.24. The van der Waals surface area contributed by atoms with Gasteiger partial charge in [0.25, 0.3) is 0 Å². The molecule has 0 heterocycles. The highest BCUT2D eigenvalue weighted by molar-refractivity contribution is 5.73. The summed E-state index contributed by atoms with van der Waals surface area (Å²) in [5.41, 5.74) is 0. The van der Waals surface area contributed by atoms with Crippen molar-refractivity contribution < 1.29 is 4.58 Å². The fraction of sp³-hybridized carbons (Fsp3) is 0.917. The van der Waals surface area contributed by atoms with Crippen molar-refractivity contribution in [3.8, 4) is 0 Å². The van der Waals surface area contributed by atoms with Crippen molar-refractivity contribution in [1.29, 1.82) is 0 Å². The van der Waals surface area contributed by atoms with E-state index in [0.29, 0.717) is 0 Å². The van der Waals surface area contributed by atoms with Gasteiger partial charge in [-0.2, -0.15) is 0 Å². The van der Waals surface area contributed by atoms with Gasteiger partial charge >= 0.3 is 5.96 Å². The van der Waals surface area contributed by atoms with Gasteiger partial charge in [-0.1, -0.05) is 39.0 Å². The minimum Gasteiger partial charge on any atom is -0.281 e. The van der Waals surface area contributed by atoms with Crippen LogP contribution in [0.25, 0.3) is 0 Å². The van der Waals surface area contributed by atoms with E-state index < -0.39 is 0 Å². The molecule has 0 aromatic carbocycles. The molecule has 0 bridgehead atoms. The molecule has 3 heteroatoms. The molecule has 0 fully saturated rings. The normalized spacial score (nSPS) is 9.87. The Morgan fingerprint density at radius 3 is 2.00 bits per heavy atom. The molecule has 2 N–H and O–H groups in total. The minimum absolute atomic E-state index is 1.10. The summed E-state index contributed by atoms with van der Waals surface area (Å²) in [5.74, 6) is 1.10. The molecule has 0 amide bonds. The largest absolute Gasteiger partial charge is 0.345 e. The van der Waals surface area contributed by atoms with Crippen LogP contribution in [-0.2, 0) is 0 Å². The number of hydrogen-bond donors (Lipinski definition) is 2. The second-order valence-corrected chi connectivity index (χ2v) is 4.04. The van der Waals surface area contributed by atoms with Crippen molar-refractivity contribution >= 4 is 5.96 Å². The first-order chi connectivity index (χ1) is 7.26. The lowest BCUT2D eigenvalue weighted by Gasteiger charge is -2.07.